The quantitative estimate of drug-likeness (QED) is 0.571. The summed E-state index contributed by atoms with van der Waals surface area (Å²) >= 11 is 1.98. The van der Waals surface area contributed by atoms with Gasteiger partial charge < -0.3 is 15.4 Å². The van der Waals surface area contributed by atoms with Crippen LogP contribution in [0, 0.1) is 3.57 Å². The Morgan fingerprint density at radius 1 is 1.25 bits per heavy atom. The molecule has 148 valence electrons. The number of benzene rings is 2. The number of para-hydroxylation sites is 1. The molecule has 0 unspecified atom stereocenters. The highest BCUT2D eigenvalue weighted by Crippen LogP contribution is 2.28. The van der Waals surface area contributed by atoms with Crippen molar-refractivity contribution in [3.05, 3.63) is 51.6 Å². The van der Waals surface area contributed by atoms with Crippen molar-refractivity contribution in [2.45, 2.75) is 17.9 Å². The van der Waals surface area contributed by atoms with Gasteiger partial charge in [0.25, 0.3) is 15.9 Å². The molecule has 2 aromatic carbocycles. The summed E-state index contributed by atoms with van der Waals surface area (Å²) in [5.74, 6) is -1.06. The van der Waals surface area contributed by atoms with Gasteiger partial charge in [-0.25, -0.2) is 0 Å². The number of ether oxygens (including phenoxy) is 1. The van der Waals surface area contributed by atoms with Gasteiger partial charge in [-0.05, 0) is 58.8 Å². The van der Waals surface area contributed by atoms with Crippen LogP contribution in [0.3, 0.4) is 0 Å². The van der Waals surface area contributed by atoms with Crippen molar-refractivity contribution in [3.8, 4) is 5.75 Å². The zero-order chi connectivity index (χ0) is 20.3. The summed E-state index contributed by atoms with van der Waals surface area (Å²) in [4.78, 5) is 12.3. The second-order valence-electron chi connectivity index (χ2n) is 5.67. The maximum atomic E-state index is 12.4. The van der Waals surface area contributed by atoms with Crippen molar-refractivity contribution in [3.63, 3.8) is 0 Å². The van der Waals surface area contributed by atoms with Crippen molar-refractivity contribution in [2.75, 3.05) is 11.9 Å². The number of anilines is 1. The number of sulfonamides is 1. The van der Waals surface area contributed by atoms with Crippen LogP contribution in [0.4, 0.5) is 14.5 Å². The molecule has 0 bridgehead atoms. The van der Waals surface area contributed by atoms with Gasteiger partial charge in [-0.2, -0.15) is 17.2 Å². The monoisotopic (exact) mass is 521 g/mol. The largest absolute Gasteiger partial charge is 0.435 e. The molecule has 1 aliphatic heterocycles. The Morgan fingerprint density at radius 2 is 2.00 bits per heavy atom. The van der Waals surface area contributed by atoms with E-state index in [9.17, 15) is 22.0 Å². The summed E-state index contributed by atoms with van der Waals surface area (Å²) in [7, 11) is -4.00. The van der Waals surface area contributed by atoms with Gasteiger partial charge in [0.15, 0.2) is 0 Å². The molecule has 1 aliphatic rings. The fourth-order valence-electron chi connectivity index (χ4n) is 2.55. The summed E-state index contributed by atoms with van der Waals surface area (Å²) in [6.07, 6.45) is 0.212. The van der Waals surface area contributed by atoms with Crippen LogP contribution in [-0.4, -0.2) is 33.3 Å². The molecule has 0 aromatic heterocycles. The lowest BCUT2D eigenvalue weighted by atomic mass is 10.1. The molecule has 0 saturated heterocycles. The predicted octanol–water partition coefficient (Wildman–Crippen LogP) is 2.76. The van der Waals surface area contributed by atoms with Crippen LogP contribution < -0.4 is 15.4 Å². The van der Waals surface area contributed by atoms with E-state index in [0.717, 1.165) is 3.57 Å². The summed E-state index contributed by atoms with van der Waals surface area (Å²) in [6.45, 7) is -2.88. The fourth-order valence-corrected chi connectivity index (χ4v) is 4.39. The van der Waals surface area contributed by atoms with Gasteiger partial charge in [-0.15, -0.1) is 4.40 Å². The lowest BCUT2D eigenvalue weighted by Gasteiger charge is -2.18. The minimum atomic E-state index is -4.00. The van der Waals surface area contributed by atoms with Crippen LogP contribution in [-0.2, 0) is 21.2 Å². The van der Waals surface area contributed by atoms with Crippen LogP contribution in [0.1, 0.15) is 5.56 Å². The Balaban J connectivity index is 1.67. The topological polar surface area (TPSA) is 96.9 Å². The van der Waals surface area contributed by atoms with Crippen molar-refractivity contribution in [1.82, 2.24) is 5.32 Å². The molecule has 2 aromatic rings. The van der Waals surface area contributed by atoms with Crippen LogP contribution >= 0.6 is 22.6 Å². The van der Waals surface area contributed by atoms with Crippen molar-refractivity contribution in [1.29, 1.82) is 0 Å². The van der Waals surface area contributed by atoms with Crippen LogP contribution in [0.25, 0.3) is 0 Å². The van der Waals surface area contributed by atoms with Crippen LogP contribution in [0.5, 0.6) is 5.75 Å². The van der Waals surface area contributed by atoms with E-state index < -0.39 is 22.5 Å². The predicted molar refractivity (Wildman–Crippen MR) is 107 cm³/mol. The first-order chi connectivity index (χ1) is 13.3. The maximum Gasteiger partial charge on any atom is 0.387 e. The Kier molecular flexibility index (Phi) is 6.13. The first-order valence-corrected chi connectivity index (χ1v) is 10.5. The third-order valence-electron chi connectivity index (χ3n) is 3.77. The molecule has 28 heavy (non-hydrogen) atoms. The third kappa shape index (κ3) is 4.76. The Morgan fingerprint density at radius 3 is 2.75 bits per heavy atom. The van der Waals surface area contributed by atoms with E-state index in [1.54, 1.807) is 30.3 Å². The second-order valence-corrected chi connectivity index (χ2v) is 8.49. The molecule has 0 atom stereocenters. The van der Waals surface area contributed by atoms with E-state index in [1.165, 1.54) is 12.1 Å². The lowest BCUT2D eigenvalue weighted by Crippen LogP contribution is -2.39. The zero-order valence-electron chi connectivity index (χ0n) is 14.2. The normalized spacial score (nSPS) is 14.6. The highest BCUT2D eigenvalue weighted by atomic mass is 127. The van der Waals surface area contributed by atoms with Gasteiger partial charge in [0, 0.05) is 10.1 Å². The minimum Gasteiger partial charge on any atom is -0.435 e. The van der Waals surface area contributed by atoms with Crippen molar-refractivity contribution in [2.24, 2.45) is 4.40 Å². The number of hydrogen-bond donors (Lipinski definition) is 2. The molecule has 0 radical (unpaired) electrons. The molecule has 1 amide bonds. The van der Waals surface area contributed by atoms with E-state index in [1.807, 2.05) is 22.6 Å². The first-order valence-electron chi connectivity index (χ1n) is 7.99. The van der Waals surface area contributed by atoms with E-state index in [2.05, 4.69) is 19.8 Å². The molecule has 2 N–H and O–H groups in total. The number of nitrogens with one attached hydrogen (secondary N) is 2. The summed E-state index contributed by atoms with van der Waals surface area (Å²) in [5.41, 5.74) is 0.741. The number of nitrogens with zero attached hydrogens (tertiary/aromatic N) is 1. The molecule has 0 spiro atoms. The lowest BCUT2D eigenvalue weighted by molar-refractivity contribution is -0.114. The van der Waals surface area contributed by atoms with Crippen LogP contribution in [0.15, 0.2) is 51.8 Å². The average molecular weight is 521 g/mol. The number of hydrogen-bond acceptors (Lipinski definition) is 5. The molecule has 0 aliphatic carbocycles. The SMILES string of the molecule is O=C(NCCc1ccccc1OC(F)F)C1=NS(=O)(=O)c2cc(I)ccc2N1. The van der Waals surface area contributed by atoms with Gasteiger partial charge in [0.1, 0.15) is 10.6 Å². The highest BCUT2D eigenvalue weighted by molar-refractivity contribution is 14.1. The number of carbonyl (C=O) groups excluding carboxylic acids is 1. The highest BCUT2D eigenvalue weighted by Gasteiger charge is 2.28. The number of amides is 1. The molecule has 1 heterocycles. The van der Waals surface area contributed by atoms with E-state index >= 15 is 0 Å². The number of fused-ring (bicyclic) bond motifs is 1. The fraction of sp³-hybridized carbons (Fsp3) is 0.176. The number of carbonyl (C=O) groups is 1. The minimum absolute atomic E-state index is 0.00553. The summed E-state index contributed by atoms with van der Waals surface area (Å²) in [5, 5.41) is 5.22. The zero-order valence-corrected chi connectivity index (χ0v) is 17.1. The van der Waals surface area contributed by atoms with Crippen molar-refractivity contribution < 1.29 is 26.7 Å². The smallest absolute Gasteiger partial charge is 0.387 e. The number of rotatable bonds is 6. The Labute approximate surface area is 173 Å². The summed E-state index contributed by atoms with van der Waals surface area (Å²) in [6, 6.07) is 10.9. The molecule has 7 nitrogen and oxygen atoms in total. The second kappa shape index (κ2) is 8.39. The molecule has 0 saturated carbocycles. The van der Waals surface area contributed by atoms with Gasteiger partial charge >= 0.3 is 6.61 Å². The maximum absolute atomic E-state index is 12.4. The van der Waals surface area contributed by atoms with E-state index in [-0.39, 0.29) is 35.1 Å². The number of alkyl halides is 2. The molecular weight excluding hydrogens is 507 g/mol. The van der Waals surface area contributed by atoms with Gasteiger partial charge in [0.05, 0.1) is 5.69 Å². The first kappa shape index (κ1) is 20.5. The van der Waals surface area contributed by atoms with Crippen molar-refractivity contribution >= 4 is 50.0 Å². The molecule has 3 rings (SSSR count). The molecule has 0 fully saturated rings. The molecular formula is C17H14F2IN3O4S. The number of halogens is 3. The third-order valence-corrected chi connectivity index (χ3v) is 5.76. The summed E-state index contributed by atoms with van der Waals surface area (Å²) < 4.78 is 58.1. The average Bonchev–Trinajstić information content (AvgIpc) is 2.62. The van der Waals surface area contributed by atoms with Crippen LogP contribution in [0.2, 0.25) is 0 Å². The van der Waals surface area contributed by atoms with Gasteiger partial charge in [-0.3, -0.25) is 4.79 Å². The Hall–Kier alpha value is -2.28. The number of amidine groups is 1. The van der Waals surface area contributed by atoms with E-state index in [4.69, 9.17) is 0 Å². The molecule has 11 heteroatoms. The Bertz CT molecular complexity index is 1040. The standard InChI is InChI=1S/C17H14F2IN3O4S/c18-17(19)27-13-4-2-1-3-10(13)7-8-21-16(24)15-22-12-6-5-11(20)9-14(12)28(25,26)23-15/h1-6,9,17H,7-8H2,(H,21,24)(H,22,23). The van der Waals surface area contributed by atoms with E-state index in [0.29, 0.717) is 5.56 Å². The van der Waals surface area contributed by atoms with Gasteiger partial charge in [0.2, 0.25) is 5.84 Å². The van der Waals surface area contributed by atoms with Gasteiger partial charge in [-0.1, -0.05) is 18.2 Å².